The van der Waals surface area contributed by atoms with E-state index in [-0.39, 0.29) is 11.7 Å². The molecule has 0 radical (unpaired) electrons. The van der Waals surface area contributed by atoms with E-state index in [2.05, 4.69) is 11.8 Å². The molecule has 24 heavy (non-hydrogen) atoms. The molecule has 2 saturated heterocycles. The normalized spacial score (nSPS) is 29.6. The van der Waals surface area contributed by atoms with Crippen LogP contribution in [0.2, 0.25) is 0 Å². The largest absolute Gasteiger partial charge is 0.496 e. The first-order valence-electron chi connectivity index (χ1n) is 8.88. The Labute approximate surface area is 143 Å². The molecule has 0 spiro atoms. The van der Waals surface area contributed by atoms with Crippen molar-refractivity contribution in [3.05, 3.63) is 29.6 Å². The first-order valence-corrected chi connectivity index (χ1v) is 8.88. The first kappa shape index (κ1) is 17.6. The number of aliphatic hydroxyl groups is 1. The maximum Gasteiger partial charge on any atom is 0.123 e. The van der Waals surface area contributed by atoms with E-state index in [1.54, 1.807) is 19.2 Å². The lowest BCUT2D eigenvalue weighted by atomic mass is 9.70. The Morgan fingerprint density at radius 1 is 1.38 bits per heavy atom. The second-order valence-corrected chi connectivity index (χ2v) is 7.22. The number of piperidine rings is 1. The van der Waals surface area contributed by atoms with Gasteiger partial charge in [-0.1, -0.05) is 6.92 Å². The molecule has 134 valence electrons. The molecule has 1 aromatic carbocycles. The number of rotatable bonds is 4. The molecule has 2 aliphatic heterocycles. The van der Waals surface area contributed by atoms with Crippen LogP contribution in [0.3, 0.4) is 0 Å². The van der Waals surface area contributed by atoms with Crippen molar-refractivity contribution < 1.29 is 19.0 Å². The Kier molecular flexibility index (Phi) is 5.42. The predicted molar refractivity (Wildman–Crippen MR) is 90.5 cm³/mol. The molecule has 0 aromatic heterocycles. The van der Waals surface area contributed by atoms with E-state index in [1.165, 1.54) is 6.07 Å². The van der Waals surface area contributed by atoms with Gasteiger partial charge in [-0.2, -0.15) is 0 Å². The van der Waals surface area contributed by atoms with E-state index in [0.29, 0.717) is 18.2 Å². The second kappa shape index (κ2) is 7.38. The van der Waals surface area contributed by atoms with Crippen LogP contribution >= 0.6 is 0 Å². The summed E-state index contributed by atoms with van der Waals surface area (Å²) in [6, 6.07) is 4.64. The number of methoxy groups -OCH3 is 1. The fourth-order valence-electron chi connectivity index (χ4n) is 4.28. The first-order chi connectivity index (χ1) is 11.5. The minimum absolute atomic E-state index is 0.189. The standard InChI is InChI=1S/C19H28FNO3/c1-14-12-21(13-15-11-17(20)3-4-18(15)23-2)8-7-19(14,22)16-5-9-24-10-6-16/h3-4,11,14,16,22H,5-10,12-13H2,1-2H3. The van der Waals surface area contributed by atoms with Crippen molar-refractivity contribution in [1.82, 2.24) is 4.90 Å². The highest BCUT2D eigenvalue weighted by molar-refractivity contribution is 5.33. The van der Waals surface area contributed by atoms with Gasteiger partial charge in [-0.15, -0.1) is 0 Å². The summed E-state index contributed by atoms with van der Waals surface area (Å²) in [4.78, 5) is 2.29. The van der Waals surface area contributed by atoms with Crippen molar-refractivity contribution in [2.24, 2.45) is 11.8 Å². The molecule has 2 fully saturated rings. The van der Waals surface area contributed by atoms with E-state index < -0.39 is 5.60 Å². The molecule has 1 N–H and O–H groups in total. The summed E-state index contributed by atoms with van der Waals surface area (Å²) >= 11 is 0. The van der Waals surface area contributed by atoms with Crippen LogP contribution in [0.15, 0.2) is 18.2 Å². The van der Waals surface area contributed by atoms with Crippen LogP contribution in [0.5, 0.6) is 5.75 Å². The van der Waals surface area contributed by atoms with Crippen LogP contribution in [-0.4, -0.2) is 49.0 Å². The van der Waals surface area contributed by atoms with E-state index in [1.807, 2.05) is 0 Å². The Balaban J connectivity index is 1.66. The van der Waals surface area contributed by atoms with E-state index in [9.17, 15) is 9.50 Å². The number of nitrogens with zero attached hydrogens (tertiary/aromatic N) is 1. The summed E-state index contributed by atoms with van der Waals surface area (Å²) in [6.45, 7) is 5.92. The van der Waals surface area contributed by atoms with Gasteiger partial charge >= 0.3 is 0 Å². The van der Waals surface area contributed by atoms with Gasteiger partial charge in [0.25, 0.3) is 0 Å². The molecule has 0 aliphatic carbocycles. The molecular weight excluding hydrogens is 309 g/mol. The Bertz CT molecular complexity index is 562. The Hall–Kier alpha value is -1.17. The summed E-state index contributed by atoms with van der Waals surface area (Å²) in [6.07, 6.45) is 2.65. The molecular formula is C19H28FNO3. The molecule has 2 unspecified atom stereocenters. The number of hydrogen-bond donors (Lipinski definition) is 1. The molecule has 2 aliphatic rings. The smallest absolute Gasteiger partial charge is 0.123 e. The molecule has 0 bridgehead atoms. The summed E-state index contributed by atoms with van der Waals surface area (Å²) in [7, 11) is 1.61. The SMILES string of the molecule is COc1ccc(F)cc1CN1CCC(O)(C2CCOCC2)C(C)C1. The van der Waals surface area contributed by atoms with Crippen LogP contribution in [0.25, 0.3) is 0 Å². The third-order valence-electron chi connectivity index (χ3n) is 5.78. The minimum Gasteiger partial charge on any atom is -0.496 e. The number of ether oxygens (including phenoxy) is 2. The van der Waals surface area contributed by atoms with E-state index in [4.69, 9.17) is 9.47 Å². The predicted octanol–water partition coefficient (Wildman–Crippen LogP) is 2.83. The molecule has 0 amide bonds. The lowest BCUT2D eigenvalue weighted by Crippen LogP contribution is -2.55. The minimum atomic E-state index is -0.605. The van der Waals surface area contributed by atoms with Crippen LogP contribution in [0.1, 0.15) is 31.7 Å². The van der Waals surface area contributed by atoms with Crippen molar-refractivity contribution in [1.29, 1.82) is 0 Å². The third kappa shape index (κ3) is 3.58. The van der Waals surface area contributed by atoms with Gasteiger partial charge in [-0.25, -0.2) is 4.39 Å². The van der Waals surface area contributed by atoms with Gasteiger partial charge in [0.05, 0.1) is 12.7 Å². The Morgan fingerprint density at radius 3 is 2.79 bits per heavy atom. The highest BCUT2D eigenvalue weighted by Gasteiger charge is 2.45. The molecule has 2 atom stereocenters. The van der Waals surface area contributed by atoms with E-state index >= 15 is 0 Å². The lowest BCUT2D eigenvalue weighted by Gasteiger charge is -2.48. The van der Waals surface area contributed by atoms with Gasteiger partial charge in [-0.05, 0) is 49.3 Å². The van der Waals surface area contributed by atoms with Crippen molar-refractivity contribution in [3.63, 3.8) is 0 Å². The zero-order valence-electron chi connectivity index (χ0n) is 14.6. The number of likely N-dealkylation sites (tertiary alicyclic amines) is 1. The number of benzene rings is 1. The maximum absolute atomic E-state index is 13.6. The molecule has 3 rings (SSSR count). The van der Waals surface area contributed by atoms with Gasteiger partial charge in [0, 0.05) is 38.4 Å². The monoisotopic (exact) mass is 337 g/mol. The van der Waals surface area contributed by atoms with Crippen molar-refractivity contribution in [2.45, 2.75) is 38.3 Å². The maximum atomic E-state index is 13.6. The molecule has 2 heterocycles. The summed E-state index contributed by atoms with van der Waals surface area (Å²) in [5, 5.41) is 11.2. The highest BCUT2D eigenvalue weighted by Crippen LogP contribution is 2.39. The average Bonchev–Trinajstić information content (AvgIpc) is 2.59. The topological polar surface area (TPSA) is 41.9 Å². The Morgan fingerprint density at radius 2 is 2.12 bits per heavy atom. The summed E-state index contributed by atoms with van der Waals surface area (Å²) in [5.41, 5.74) is 0.257. The van der Waals surface area contributed by atoms with E-state index in [0.717, 1.165) is 51.1 Å². The number of halogens is 1. The second-order valence-electron chi connectivity index (χ2n) is 7.22. The van der Waals surface area contributed by atoms with Crippen LogP contribution in [0, 0.1) is 17.7 Å². The molecule has 4 nitrogen and oxygen atoms in total. The van der Waals surface area contributed by atoms with Crippen molar-refractivity contribution in [3.8, 4) is 5.75 Å². The van der Waals surface area contributed by atoms with Crippen molar-refractivity contribution in [2.75, 3.05) is 33.4 Å². The average molecular weight is 337 g/mol. The zero-order chi connectivity index (χ0) is 17.2. The van der Waals surface area contributed by atoms with Gasteiger partial charge in [0.2, 0.25) is 0 Å². The van der Waals surface area contributed by atoms with Gasteiger partial charge in [-0.3, -0.25) is 4.90 Å². The fraction of sp³-hybridized carbons (Fsp3) is 0.684. The molecule has 0 saturated carbocycles. The van der Waals surface area contributed by atoms with Crippen molar-refractivity contribution >= 4 is 0 Å². The van der Waals surface area contributed by atoms with Gasteiger partial charge in [0.15, 0.2) is 0 Å². The quantitative estimate of drug-likeness (QED) is 0.917. The van der Waals surface area contributed by atoms with Gasteiger partial charge < -0.3 is 14.6 Å². The summed E-state index contributed by atoms with van der Waals surface area (Å²) < 4.78 is 24.3. The van der Waals surface area contributed by atoms with Crippen LogP contribution in [-0.2, 0) is 11.3 Å². The number of hydrogen-bond acceptors (Lipinski definition) is 4. The molecule has 1 aromatic rings. The molecule has 5 heteroatoms. The summed E-state index contributed by atoms with van der Waals surface area (Å²) in [5.74, 6) is 0.991. The zero-order valence-corrected chi connectivity index (χ0v) is 14.6. The fourth-order valence-corrected chi connectivity index (χ4v) is 4.28. The van der Waals surface area contributed by atoms with Crippen LogP contribution in [0.4, 0.5) is 4.39 Å². The third-order valence-corrected chi connectivity index (χ3v) is 5.78. The van der Waals surface area contributed by atoms with Crippen LogP contribution < -0.4 is 4.74 Å². The highest BCUT2D eigenvalue weighted by atomic mass is 19.1. The lowest BCUT2D eigenvalue weighted by molar-refractivity contribution is -0.131. The van der Waals surface area contributed by atoms with Gasteiger partial charge in [0.1, 0.15) is 11.6 Å².